The van der Waals surface area contributed by atoms with E-state index in [9.17, 15) is 25.2 Å². The number of aliphatic hydroxyl groups is 4. The molecule has 1 heterocycles. The highest BCUT2D eigenvalue weighted by Crippen LogP contribution is 2.74. The predicted molar refractivity (Wildman–Crippen MR) is 90.6 cm³/mol. The molecule has 0 amide bonds. The maximum Gasteiger partial charge on any atom is 0.171 e. The van der Waals surface area contributed by atoms with Crippen LogP contribution in [0.1, 0.15) is 39.5 Å². The van der Waals surface area contributed by atoms with Crippen molar-refractivity contribution in [1.82, 2.24) is 0 Å². The molecule has 6 heteroatoms. The first-order valence-electron chi connectivity index (χ1n) is 9.71. The van der Waals surface area contributed by atoms with Gasteiger partial charge in [0, 0.05) is 11.8 Å². The maximum absolute atomic E-state index is 13.5. The van der Waals surface area contributed by atoms with Crippen LogP contribution in [0.15, 0.2) is 12.2 Å². The molecule has 2 spiro atoms. The second-order valence-corrected chi connectivity index (χ2v) is 9.99. The van der Waals surface area contributed by atoms with Crippen LogP contribution in [-0.4, -0.2) is 56.9 Å². The summed E-state index contributed by atoms with van der Waals surface area (Å²) in [5.41, 5.74) is -2.17. The molecule has 10 atom stereocenters. The molecule has 1 aliphatic heterocycles. The first kappa shape index (κ1) is 17.3. The van der Waals surface area contributed by atoms with Gasteiger partial charge in [0.25, 0.3) is 0 Å². The second-order valence-electron chi connectivity index (χ2n) is 9.99. The molecular formula is C20H28O6. The Hall–Kier alpha value is -0.790. The number of ether oxygens (including phenoxy) is 1. The van der Waals surface area contributed by atoms with Gasteiger partial charge in [0.2, 0.25) is 0 Å². The SMILES string of the molecule is C=C1[C@@H]2C[C@H]3O[C@H](O)[C@@]45[C@H]([C@H](O)C(=O)[C@](C2)([C@@H]1O)[C@@H]34)C(C)(C)CC[C@@H]5O. The average molecular weight is 364 g/mol. The molecule has 5 rings (SSSR count). The summed E-state index contributed by atoms with van der Waals surface area (Å²) in [7, 11) is 0. The fraction of sp³-hybridized carbons (Fsp3) is 0.850. The number of ketones is 1. The summed E-state index contributed by atoms with van der Waals surface area (Å²) in [5, 5.41) is 44.4. The Balaban J connectivity index is 1.80. The van der Waals surface area contributed by atoms with E-state index in [2.05, 4.69) is 6.58 Å². The fourth-order valence-electron chi connectivity index (χ4n) is 7.86. The van der Waals surface area contributed by atoms with Crippen molar-refractivity contribution in [2.45, 2.75) is 70.2 Å². The van der Waals surface area contributed by atoms with Gasteiger partial charge in [-0.3, -0.25) is 4.79 Å². The minimum atomic E-state index is -1.34. The van der Waals surface area contributed by atoms with Crippen molar-refractivity contribution < 1.29 is 30.0 Å². The van der Waals surface area contributed by atoms with Crippen molar-refractivity contribution >= 4 is 5.78 Å². The highest BCUT2D eigenvalue weighted by Gasteiger charge is 2.82. The van der Waals surface area contributed by atoms with Crippen molar-refractivity contribution in [3.8, 4) is 0 Å². The van der Waals surface area contributed by atoms with Crippen molar-refractivity contribution in [3.63, 3.8) is 0 Å². The van der Waals surface area contributed by atoms with E-state index >= 15 is 0 Å². The number of carbonyl (C=O) groups excluding carboxylic acids is 1. The van der Waals surface area contributed by atoms with Gasteiger partial charge in [-0.25, -0.2) is 0 Å². The van der Waals surface area contributed by atoms with Gasteiger partial charge in [-0.1, -0.05) is 20.4 Å². The third kappa shape index (κ3) is 1.54. The summed E-state index contributed by atoms with van der Waals surface area (Å²) >= 11 is 0. The molecule has 0 unspecified atom stereocenters. The van der Waals surface area contributed by atoms with Gasteiger partial charge in [-0.05, 0) is 42.6 Å². The zero-order chi connectivity index (χ0) is 18.8. The molecule has 1 saturated heterocycles. The Labute approximate surface area is 152 Å². The van der Waals surface area contributed by atoms with Crippen LogP contribution in [0.3, 0.4) is 0 Å². The topological polar surface area (TPSA) is 107 Å². The maximum atomic E-state index is 13.5. The van der Waals surface area contributed by atoms with Gasteiger partial charge in [0.05, 0.1) is 29.1 Å². The van der Waals surface area contributed by atoms with Gasteiger partial charge in [0.15, 0.2) is 12.1 Å². The summed E-state index contributed by atoms with van der Waals surface area (Å²) < 4.78 is 5.95. The average Bonchev–Trinajstić information content (AvgIpc) is 2.97. The van der Waals surface area contributed by atoms with Crippen molar-refractivity contribution in [2.75, 3.05) is 0 Å². The van der Waals surface area contributed by atoms with Crippen LogP contribution >= 0.6 is 0 Å². The first-order chi connectivity index (χ1) is 12.1. The van der Waals surface area contributed by atoms with E-state index < -0.39 is 58.8 Å². The number of carbonyl (C=O) groups is 1. The van der Waals surface area contributed by atoms with Crippen molar-refractivity contribution in [3.05, 3.63) is 12.2 Å². The second kappa shape index (κ2) is 4.78. The lowest BCUT2D eigenvalue weighted by Gasteiger charge is -2.64. The van der Waals surface area contributed by atoms with E-state index in [1.165, 1.54) is 0 Å². The first-order valence-corrected chi connectivity index (χ1v) is 9.71. The molecule has 0 aromatic heterocycles. The van der Waals surface area contributed by atoms with Crippen LogP contribution in [0.2, 0.25) is 0 Å². The van der Waals surface area contributed by atoms with E-state index in [0.717, 1.165) is 0 Å². The lowest BCUT2D eigenvalue weighted by Crippen LogP contribution is -2.74. The molecule has 0 radical (unpaired) electrons. The highest BCUT2D eigenvalue weighted by molar-refractivity contribution is 5.93. The zero-order valence-electron chi connectivity index (χ0n) is 15.3. The fourth-order valence-corrected chi connectivity index (χ4v) is 7.86. The number of hydrogen-bond acceptors (Lipinski definition) is 6. The number of aliphatic hydroxyl groups excluding tert-OH is 4. The molecule has 6 nitrogen and oxygen atoms in total. The van der Waals surface area contributed by atoms with E-state index in [0.29, 0.717) is 31.3 Å². The molecule has 5 aliphatic rings. The van der Waals surface area contributed by atoms with Crippen LogP contribution in [0.4, 0.5) is 0 Å². The Morgan fingerprint density at radius 3 is 2.54 bits per heavy atom. The molecule has 0 aromatic rings. The molecule has 2 bridgehead atoms. The normalized spacial score (nSPS) is 59.9. The van der Waals surface area contributed by atoms with Crippen LogP contribution in [0.5, 0.6) is 0 Å². The van der Waals surface area contributed by atoms with E-state index in [-0.39, 0.29) is 11.7 Å². The summed E-state index contributed by atoms with van der Waals surface area (Å²) in [5.74, 6) is -1.54. The van der Waals surface area contributed by atoms with Crippen molar-refractivity contribution in [1.29, 1.82) is 0 Å². The van der Waals surface area contributed by atoms with Crippen LogP contribution in [0.25, 0.3) is 0 Å². The standard InChI is InChI=1S/C20H28O6/c1-8-9-6-10-13-19(7-9,15(8)23)16(24)12(22)14-18(2,3)5-4-11(21)20(13,14)17(25)26-10/h9-15,17,21-23,25H,1,4-7H2,2-3H3/t9-,10-,11+,12+,13-,14-,15-,17+,19+,20-/m1/s1. The van der Waals surface area contributed by atoms with Gasteiger partial charge < -0.3 is 25.2 Å². The lowest BCUT2D eigenvalue weighted by atomic mass is 9.38. The Bertz CT molecular complexity index is 702. The molecule has 144 valence electrons. The molecule has 5 fully saturated rings. The third-order valence-corrected chi connectivity index (χ3v) is 8.72. The number of fused-ring (bicyclic) bond motifs is 1. The molecule has 0 aromatic carbocycles. The Morgan fingerprint density at radius 2 is 1.85 bits per heavy atom. The van der Waals surface area contributed by atoms with Crippen molar-refractivity contribution in [2.24, 2.45) is 34.0 Å². The summed E-state index contributed by atoms with van der Waals surface area (Å²) in [6.07, 6.45) is -2.82. The van der Waals surface area contributed by atoms with Crippen LogP contribution in [0, 0.1) is 34.0 Å². The highest BCUT2D eigenvalue weighted by atomic mass is 16.6. The largest absolute Gasteiger partial charge is 0.392 e. The van der Waals surface area contributed by atoms with Gasteiger partial charge in [-0.2, -0.15) is 0 Å². The van der Waals surface area contributed by atoms with E-state index in [1.54, 1.807) is 0 Å². The molecular weight excluding hydrogens is 336 g/mol. The number of Topliss-reactive ketones (excluding diaryl/α,β-unsaturated/α-hetero) is 1. The monoisotopic (exact) mass is 364 g/mol. The predicted octanol–water partition coefficient (Wildman–Crippen LogP) is 0.374. The number of hydrogen-bond donors (Lipinski definition) is 4. The van der Waals surface area contributed by atoms with Crippen LogP contribution < -0.4 is 0 Å². The Morgan fingerprint density at radius 1 is 1.15 bits per heavy atom. The molecule has 4 saturated carbocycles. The summed E-state index contributed by atoms with van der Waals surface area (Å²) in [6.45, 7) is 7.97. The number of rotatable bonds is 0. The zero-order valence-corrected chi connectivity index (χ0v) is 15.3. The van der Waals surface area contributed by atoms with E-state index in [4.69, 9.17) is 4.74 Å². The molecule has 26 heavy (non-hydrogen) atoms. The molecule has 4 N–H and O–H groups in total. The molecule has 4 aliphatic carbocycles. The third-order valence-electron chi connectivity index (χ3n) is 8.72. The van der Waals surface area contributed by atoms with Gasteiger partial charge >= 0.3 is 0 Å². The van der Waals surface area contributed by atoms with Gasteiger partial charge in [-0.15, -0.1) is 0 Å². The summed E-state index contributed by atoms with van der Waals surface area (Å²) in [6, 6.07) is 0. The van der Waals surface area contributed by atoms with Crippen LogP contribution in [-0.2, 0) is 9.53 Å². The minimum Gasteiger partial charge on any atom is -0.392 e. The lowest BCUT2D eigenvalue weighted by molar-refractivity contribution is -0.266. The smallest absolute Gasteiger partial charge is 0.171 e. The quantitative estimate of drug-likeness (QED) is 0.463. The minimum absolute atomic E-state index is 0.0601. The summed E-state index contributed by atoms with van der Waals surface area (Å²) in [4.78, 5) is 13.5. The van der Waals surface area contributed by atoms with E-state index in [1.807, 2.05) is 13.8 Å². The van der Waals surface area contributed by atoms with Gasteiger partial charge in [0.1, 0.15) is 6.10 Å². The Kier molecular flexibility index (Phi) is 3.19.